The second kappa shape index (κ2) is 5.90. The lowest BCUT2D eigenvalue weighted by molar-refractivity contribution is -0.123. The Labute approximate surface area is 126 Å². The number of likely N-dealkylation sites (tertiary alicyclic amines) is 1. The van der Waals surface area contributed by atoms with Gasteiger partial charge in [-0.3, -0.25) is 9.59 Å². The first kappa shape index (κ1) is 14.3. The maximum Gasteiger partial charge on any atom is 0.254 e. The molecule has 0 bridgehead atoms. The van der Waals surface area contributed by atoms with E-state index in [1.54, 1.807) is 4.90 Å². The minimum atomic E-state index is -0.313. The summed E-state index contributed by atoms with van der Waals surface area (Å²) in [5.41, 5.74) is 6.02. The molecule has 0 aliphatic carbocycles. The number of carbonyl (C=O) groups excluding carboxylic acids is 2. The number of nitrogens with two attached hydrogens (primary N) is 1. The van der Waals surface area contributed by atoms with Crippen molar-refractivity contribution in [3.05, 3.63) is 33.4 Å². The van der Waals surface area contributed by atoms with Crippen LogP contribution in [0.1, 0.15) is 30.1 Å². The van der Waals surface area contributed by atoms with Gasteiger partial charge in [0.05, 0.1) is 5.92 Å². The van der Waals surface area contributed by atoms with Crippen molar-refractivity contribution < 1.29 is 9.59 Å². The monoisotopic (exact) mass is 372 g/mol. The smallest absolute Gasteiger partial charge is 0.254 e. The highest BCUT2D eigenvalue weighted by atomic mass is 127. The average molecular weight is 372 g/mol. The van der Waals surface area contributed by atoms with Gasteiger partial charge >= 0.3 is 0 Å². The Bertz CT molecular complexity index is 487. The van der Waals surface area contributed by atoms with E-state index in [0.717, 1.165) is 16.4 Å². The number of nitrogens with zero attached hydrogens (tertiary/aromatic N) is 1. The van der Waals surface area contributed by atoms with Crippen LogP contribution in [0.3, 0.4) is 0 Å². The number of carbonyl (C=O) groups is 2. The van der Waals surface area contributed by atoms with Crippen LogP contribution in [0.2, 0.25) is 0 Å². The van der Waals surface area contributed by atoms with Crippen molar-refractivity contribution in [1.29, 1.82) is 0 Å². The first-order valence-electron chi connectivity index (χ1n) is 6.35. The van der Waals surface area contributed by atoms with Crippen molar-refractivity contribution in [2.45, 2.75) is 25.8 Å². The van der Waals surface area contributed by atoms with Gasteiger partial charge in [0.2, 0.25) is 5.91 Å². The molecule has 19 heavy (non-hydrogen) atoms. The van der Waals surface area contributed by atoms with Crippen molar-refractivity contribution >= 4 is 34.4 Å². The molecule has 1 heterocycles. The summed E-state index contributed by atoms with van der Waals surface area (Å²) in [5.74, 6) is -0.550. The van der Waals surface area contributed by atoms with Gasteiger partial charge in [-0.15, -0.1) is 0 Å². The highest BCUT2D eigenvalue weighted by molar-refractivity contribution is 14.1. The zero-order chi connectivity index (χ0) is 14.0. The van der Waals surface area contributed by atoms with Crippen molar-refractivity contribution in [2.24, 2.45) is 11.7 Å². The molecule has 0 aromatic heterocycles. The summed E-state index contributed by atoms with van der Waals surface area (Å²) in [6, 6.07) is 7.62. The van der Waals surface area contributed by atoms with Crippen LogP contribution in [0.25, 0.3) is 0 Å². The molecule has 0 spiro atoms. The molecule has 1 saturated heterocycles. The molecule has 1 aromatic carbocycles. The van der Waals surface area contributed by atoms with Gasteiger partial charge in [-0.1, -0.05) is 0 Å². The van der Waals surface area contributed by atoms with Crippen LogP contribution in [-0.2, 0) is 4.79 Å². The molecule has 1 aromatic rings. The van der Waals surface area contributed by atoms with E-state index in [0.29, 0.717) is 12.1 Å². The van der Waals surface area contributed by atoms with Gasteiger partial charge in [-0.25, -0.2) is 0 Å². The van der Waals surface area contributed by atoms with Gasteiger partial charge < -0.3 is 10.6 Å². The predicted molar refractivity (Wildman–Crippen MR) is 81.6 cm³/mol. The predicted octanol–water partition coefficient (Wildman–Crippen LogP) is 2.02. The van der Waals surface area contributed by atoms with E-state index in [1.165, 1.54) is 0 Å². The molecule has 1 aliphatic heterocycles. The van der Waals surface area contributed by atoms with Crippen molar-refractivity contribution in [3.8, 4) is 0 Å². The molecule has 4 nitrogen and oxygen atoms in total. The van der Waals surface area contributed by atoms with Crippen LogP contribution in [-0.4, -0.2) is 29.3 Å². The molecule has 2 rings (SSSR count). The summed E-state index contributed by atoms with van der Waals surface area (Å²) < 4.78 is 1.09. The number of hydrogen-bond donors (Lipinski definition) is 1. The SMILES string of the molecule is CC1CCC(C(N)=O)CN1C(=O)c1ccc(I)cc1. The molecule has 1 fully saturated rings. The molecule has 5 heteroatoms. The molecule has 2 amide bonds. The topological polar surface area (TPSA) is 63.4 Å². The highest BCUT2D eigenvalue weighted by Crippen LogP contribution is 2.23. The van der Waals surface area contributed by atoms with Crippen molar-refractivity contribution in [2.75, 3.05) is 6.54 Å². The zero-order valence-corrected chi connectivity index (χ0v) is 13.0. The molecule has 2 N–H and O–H groups in total. The number of benzene rings is 1. The maximum atomic E-state index is 12.5. The fourth-order valence-corrected chi connectivity index (χ4v) is 2.74. The van der Waals surface area contributed by atoms with E-state index in [1.807, 2.05) is 31.2 Å². The molecule has 1 aliphatic rings. The van der Waals surface area contributed by atoms with Gasteiger partial charge in [-0.2, -0.15) is 0 Å². The fourth-order valence-electron chi connectivity index (χ4n) is 2.38. The van der Waals surface area contributed by atoms with E-state index < -0.39 is 0 Å². The highest BCUT2D eigenvalue weighted by Gasteiger charge is 2.31. The summed E-state index contributed by atoms with van der Waals surface area (Å²) in [7, 11) is 0. The number of rotatable bonds is 2. The van der Waals surface area contributed by atoms with Crippen LogP contribution in [0.4, 0.5) is 0 Å². The normalized spacial score (nSPS) is 23.2. The Morgan fingerprint density at radius 1 is 1.26 bits per heavy atom. The summed E-state index contributed by atoms with van der Waals surface area (Å²) >= 11 is 2.20. The number of halogens is 1. The summed E-state index contributed by atoms with van der Waals surface area (Å²) in [5, 5.41) is 0. The lowest BCUT2D eigenvalue weighted by Gasteiger charge is -2.37. The molecule has 0 radical (unpaired) electrons. The van der Waals surface area contributed by atoms with Gasteiger partial charge in [0, 0.05) is 21.7 Å². The molecular weight excluding hydrogens is 355 g/mol. The Hall–Kier alpha value is -1.11. The molecule has 0 saturated carbocycles. The van der Waals surface area contributed by atoms with Gasteiger partial charge in [-0.05, 0) is 66.6 Å². The van der Waals surface area contributed by atoms with Crippen molar-refractivity contribution in [3.63, 3.8) is 0 Å². The summed E-state index contributed by atoms with van der Waals surface area (Å²) in [4.78, 5) is 25.5. The van der Waals surface area contributed by atoms with Gasteiger partial charge in [0.15, 0.2) is 0 Å². The second-order valence-corrected chi connectivity index (χ2v) is 6.24. The Balaban J connectivity index is 2.16. The standard InChI is InChI=1S/C14H17IN2O2/c1-9-2-3-11(13(16)18)8-17(9)14(19)10-4-6-12(15)7-5-10/h4-7,9,11H,2-3,8H2,1H3,(H2,16,18). The molecule has 102 valence electrons. The van der Waals surface area contributed by atoms with Gasteiger partial charge in [0.25, 0.3) is 5.91 Å². The van der Waals surface area contributed by atoms with Crippen LogP contribution in [0.5, 0.6) is 0 Å². The summed E-state index contributed by atoms with van der Waals surface area (Å²) in [6.07, 6.45) is 1.59. The van der Waals surface area contributed by atoms with E-state index >= 15 is 0 Å². The largest absolute Gasteiger partial charge is 0.369 e. The minimum Gasteiger partial charge on any atom is -0.369 e. The minimum absolute atomic E-state index is 0.0187. The second-order valence-electron chi connectivity index (χ2n) is 4.99. The number of hydrogen-bond acceptors (Lipinski definition) is 2. The third kappa shape index (κ3) is 3.26. The first-order valence-corrected chi connectivity index (χ1v) is 7.42. The van der Waals surface area contributed by atoms with Gasteiger partial charge in [0.1, 0.15) is 0 Å². The third-order valence-corrected chi connectivity index (χ3v) is 4.36. The van der Waals surface area contributed by atoms with Crippen LogP contribution < -0.4 is 5.73 Å². The van der Waals surface area contributed by atoms with E-state index in [4.69, 9.17) is 5.73 Å². The summed E-state index contributed by atoms with van der Waals surface area (Å²) in [6.45, 7) is 2.45. The fraction of sp³-hybridized carbons (Fsp3) is 0.429. The molecule has 2 unspecified atom stereocenters. The Morgan fingerprint density at radius 3 is 2.47 bits per heavy atom. The number of amides is 2. The maximum absolute atomic E-state index is 12.5. The van der Waals surface area contributed by atoms with Crippen LogP contribution in [0, 0.1) is 9.49 Å². The third-order valence-electron chi connectivity index (χ3n) is 3.64. The molecular formula is C14H17IN2O2. The average Bonchev–Trinajstić information content (AvgIpc) is 2.39. The van der Waals surface area contributed by atoms with Crippen LogP contribution in [0.15, 0.2) is 24.3 Å². The van der Waals surface area contributed by atoms with Crippen LogP contribution >= 0.6 is 22.6 Å². The number of primary amides is 1. The van der Waals surface area contributed by atoms with E-state index in [9.17, 15) is 9.59 Å². The van der Waals surface area contributed by atoms with Crippen molar-refractivity contribution in [1.82, 2.24) is 4.90 Å². The quantitative estimate of drug-likeness (QED) is 0.808. The zero-order valence-electron chi connectivity index (χ0n) is 10.8. The lowest BCUT2D eigenvalue weighted by Crippen LogP contribution is -2.48. The molecule has 2 atom stereocenters. The Morgan fingerprint density at radius 2 is 1.89 bits per heavy atom. The number of piperidine rings is 1. The Kier molecular flexibility index (Phi) is 4.44. The lowest BCUT2D eigenvalue weighted by atomic mass is 9.92. The first-order chi connectivity index (χ1) is 8.99. The van der Waals surface area contributed by atoms with E-state index in [-0.39, 0.29) is 23.8 Å². The van der Waals surface area contributed by atoms with E-state index in [2.05, 4.69) is 22.6 Å².